The van der Waals surface area contributed by atoms with Gasteiger partial charge in [0.25, 0.3) is 0 Å². The number of likely N-dealkylation sites (tertiary alicyclic amines) is 2. The van der Waals surface area contributed by atoms with Crippen LogP contribution < -0.4 is 0 Å². The van der Waals surface area contributed by atoms with E-state index in [-0.39, 0.29) is 11.5 Å². The predicted octanol–water partition coefficient (Wildman–Crippen LogP) is 3.12. The van der Waals surface area contributed by atoms with Crippen LogP contribution in [0.4, 0.5) is 4.79 Å². The number of dihydropyridines is 1. The molecule has 0 aliphatic carbocycles. The highest BCUT2D eigenvalue weighted by atomic mass is 32.2. The van der Waals surface area contributed by atoms with Gasteiger partial charge in [0, 0.05) is 44.2 Å². The Morgan fingerprint density at radius 2 is 1.96 bits per heavy atom. The van der Waals surface area contributed by atoms with Crippen molar-refractivity contribution in [2.75, 3.05) is 32.7 Å². The number of ether oxygens (including phenoxy) is 1. The largest absolute Gasteiger partial charge is 0.435 e. The molecule has 6 heteroatoms. The number of amides is 1. The van der Waals surface area contributed by atoms with Gasteiger partial charge in [0.15, 0.2) is 5.44 Å². The number of fused-ring (bicyclic) bond motifs is 1. The lowest BCUT2D eigenvalue weighted by Gasteiger charge is -2.40. The molecule has 132 valence electrons. The third kappa shape index (κ3) is 3.64. The van der Waals surface area contributed by atoms with Gasteiger partial charge < -0.3 is 14.5 Å². The Kier molecular flexibility index (Phi) is 5.13. The van der Waals surface area contributed by atoms with Crippen LogP contribution >= 0.6 is 11.8 Å². The lowest BCUT2D eigenvalue weighted by atomic mass is 10.0. The lowest BCUT2D eigenvalue weighted by Crippen LogP contribution is -2.48. The molecule has 0 saturated carbocycles. The quantitative estimate of drug-likeness (QED) is 0.768. The van der Waals surface area contributed by atoms with Crippen molar-refractivity contribution >= 4 is 24.1 Å². The Morgan fingerprint density at radius 3 is 2.71 bits per heavy atom. The maximum absolute atomic E-state index is 12.5. The molecular weight excluding hydrogens is 322 g/mol. The van der Waals surface area contributed by atoms with Crippen LogP contribution in [-0.2, 0) is 4.74 Å². The van der Waals surface area contributed by atoms with E-state index in [1.54, 1.807) is 11.8 Å². The molecule has 3 fully saturated rings. The summed E-state index contributed by atoms with van der Waals surface area (Å²) in [4.78, 5) is 22.6. The van der Waals surface area contributed by atoms with E-state index < -0.39 is 0 Å². The molecule has 4 aliphatic rings. The molecule has 4 aliphatic heterocycles. The van der Waals surface area contributed by atoms with Crippen molar-refractivity contribution in [1.82, 2.24) is 9.80 Å². The molecule has 4 rings (SSSR count). The Hall–Kier alpha value is -1.01. The summed E-state index contributed by atoms with van der Waals surface area (Å²) < 4.78 is 5.76. The Bertz CT molecular complexity index is 522. The number of carbonyl (C=O) groups is 1. The molecule has 4 heterocycles. The highest BCUT2D eigenvalue weighted by molar-refractivity contribution is 8.03. The first kappa shape index (κ1) is 16.5. The van der Waals surface area contributed by atoms with E-state index in [0.29, 0.717) is 12.0 Å². The average Bonchev–Trinajstić information content (AvgIpc) is 3.05. The van der Waals surface area contributed by atoms with Gasteiger partial charge in [0.1, 0.15) is 0 Å². The lowest BCUT2D eigenvalue weighted by molar-refractivity contribution is 0.0594. The summed E-state index contributed by atoms with van der Waals surface area (Å²) >= 11 is 1.70. The van der Waals surface area contributed by atoms with Gasteiger partial charge in [-0.2, -0.15) is 0 Å². The number of hydrogen-bond donors (Lipinski definition) is 0. The van der Waals surface area contributed by atoms with Gasteiger partial charge in [-0.15, -0.1) is 0 Å². The van der Waals surface area contributed by atoms with Gasteiger partial charge in [0.05, 0.1) is 0 Å². The molecule has 2 atom stereocenters. The third-order valence-electron chi connectivity index (χ3n) is 5.68. The average molecular weight is 350 g/mol. The van der Waals surface area contributed by atoms with Crippen molar-refractivity contribution in [3.8, 4) is 0 Å². The van der Waals surface area contributed by atoms with Crippen LogP contribution in [0.1, 0.15) is 38.5 Å². The highest BCUT2D eigenvalue weighted by Gasteiger charge is 2.35. The summed E-state index contributed by atoms with van der Waals surface area (Å²) in [6.45, 7) is 5.01. The zero-order valence-electron chi connectivity index (χ0n) is 14.2. The Balaban J connectivity index is 1.23. The molecular formula is C18H27N3O2S. The van der Waals surface area contributed by atoms with E-state index in [4.69, 9.17) is 4.74 Å². The minimum atomic E-state index is -0.121. The predicted molar refractivity (Wildman–Crippen MR) is 97.4 cm³/mol. The van der Waals surface area contributed by atoms with E-state index in [0.717, 1.165) is 38.9 Å². The van der Waals surface area contributed by atoms with Crippen LogP contribution in [0.2, 0.25) is 0 Å². The summed E-state index contributed by atoms with van der Waals surface area (Å²) in [6.07, 6.45) is 11.0. The first-order chi connectivity index (χ1) is 11.8. The molecule has 2 unspecified atom stereocenters. The molecule has 0 aromatic carbocycles. The smallest absolute Gasteiger partial charge is 0.410 e. The standard InChI is InChI=1S/C18H27N3O2S/c22-18(23-17-12-14-13-19-7-4-16(14)24-17)21-10-5-15(6-11-21)20-8-2-1-3-9-20/h4,7,14-15,17H,1-3,5-6,8-13H2. The second-order valence-corrected chi connectivity index (χ2v) is 8.49. The van der Waals surface area contributed by atoms with Crippen LogP contribution in [0.15, 0.2) is 16.0 Å². The molecule has 0 N–H and O–H groups in total. The minimum Gasteiger partial charge on any atom is -0.435 e. The van der Waals surface area contributed by atoms with Crippen LogP contribution in [-0.4, -0.2) is 66.3 Å². The molecule has 1 amide bonds. The van der Waals surface area contributed by atoms with E-state index in [1.807, 2.05) is 11.1 Å². The normalized spacial score (nSPS) is 31.7. The van der Waals surface area contributed by atoms with Gasteiger partial charge in [-0.1, -0.05) is 18.2 Å². The fraction of sp³-hybridized carbons (Fsp3) is 0.778. The molecule has 0 aromatic heterocycles. The van der Waals surface area contributed by atoms with Gasteiger partial charge in [0.2, 0.25) is 0 Å². The maximum atomic E-state index is 12.5. The number of carbonyl (C=O) groups excluding carboxylic acids is 1. The van der Waals surface area contributed by atoms with Crippen LogP contribution in [0, 0.1) is 5.92 Å². The summed E-state index contributed by atoms with van der Waals surface area (Å²) in [5, 5.41) is 0. The van der Waals surface area contributed by atoms with Gasteiger partial charge in [-0.25, -0.2) is 4.79 Å². The molecule has 0 radical (unpaired) electrons. The first-order valence-corrected chi connectivity index (χ1v) is 10.2. The third-order valence-corrected chi connectivity index (χ3v) is 6.97. The van der Waals surface area contributed by atoms with Gasteiger partial charge >= 0.3 is 6.09 Å². The summed E-state index contributed by atoms with van der Waals surface area (Å²) in [5.74, 6) is 0.461. The van der Waals surface area contributed by atoms with Crippen molar-refractivity contribution in [2.45, 2.75) is 50.0 Å². The van der Waals surface area contributed by atoms with Gasteiger partial charge in [-0.3, -0.25) is 4.99 Å². The fourth-order valence-electron chi connectivity index (χ4n) is 4.25. The van der Waals surface area contributed by atoms with Crippen LogP contribution in [0.5, 0.6) is 0 Å². The number of rotatable bonds is 2. The monoisotopic (exact) mass is 349 g/mol. The van der Waals surface area contributed by atoms with E-state index in [1.165, 1.54) is 37.3 Å². The molecule has 5 nitrogen and oxygen atoms in total. The second-order valence-electron chi connectivity index (χ2n) is 7.26. The highest BCUT2D eigenvalue weighted by Crippen LogP contribution is 2.43. The number of thioether (sulfide) groups is 1. The van der Waals surface area contributed by atoms with Crippen molar-refractivity contribution in [2.24, 2.45) is 10.9 Å². The van der Waals surface area contributed by atoms with E-state index in [9.17, 15) is 4.79 Å². The van der Waals surface area contributed by atoms with Crippen molar-refractivity contribution < 1.29 is 9.53 Å². The van der Waals surface area contributed by atoms with Crippen LogP contribution in [0.25, 0.3) is 0 Å². The van der Waals surface area contributed by atoms with Crippen LogP contribution in [0.3, 0.4) is 0 Å². The molecule has 24 heavy (non-hydrogen) atoms. The first-order valence-electron chi connectivity index (χ1n) is 9.36. The Morgan fingerprint density at radius 1 is 1.17 bits per heavy atom. The number of piperidine rings is 2. The second kappa shape index (κ2) is 7.48. The summed E-state index contributed by atoms with van der Waals surface area (Å²) in [7, 11) is 0. The molecule has 0 spiro atoms. The van der Waals surface area contributed by atoms with E-state index >= 15 is 0 Å². The number of nitrogens with zero attached hydrogens (tertiary/aromatic N) is 3. The summed E-state index contributed by atoms with van der Waals surface area (Å²) in [5.41, 5.74) is -0.0322. The van der Waals surface area contributed by atoms with E-state index in [2.05, 4.69) is 16.0 Å². The van der Waals surface area contributed by atoms with Crippen molar-refractivity contribution in [3.63, 3.8) is 0 Å². The SMILES string of the molecule is O=C(OC1CC2CN=CC=C2S1)N1CCC(N2CCCCC2)CC1. The zero-order valence-corrected chi connectivity index (χ0v) is 15.0. The fourth-order valence-corrected chi connectivity index (χ4v) is 5.52. The van der Waals surface area contributed by atoms with Gasteiger partial charge in [-0.05, 0) is 49.8 Å². The van der Waals surface area contributed by atoms with Crippen molar-refractivity contribution in [3.05, 3.63) is 11.0 Å². The molecule has 0 aromatic rings. The number of allylic oxidation sites excluding steroid dienone is 1. The number of hydrogen-bond acceptors (Lipinski definition) is 5. The number of aliphatic imine (C=N–C) groups is 1. The maximum Gasteiger partial charge on any atom is 0.410 e. The minimum absolute atomic E-state index is 0.0322. The zero-order chi connectivity index (χ0) is 16.4. The molecule has 0 bridgehead atoms. The van der Waals surface area contributed by atoms with Crippen molar-refractivity contribution in [1.29, 1.82) is 0 Å². The Labute approximate surface area is 148 Å². The summed E-state index contributed by atoms with van der Waals surface area (Å²) in [6, 6.07) is 0.667. The molecule has 3 saturated heterocycles. The topological polar surface area (TPSA) is 45.1 Å².